The minimum absolute atomic E-state index is 0.715. The predicted molar refractivity (Wildman–Crippen MR) is 64.1 cm³/mol. The monoisotopic (exact) mass is 349 g/mol. The summed E-state index contributed by atoms with van der Waals surface area (Å²) in [4.78, 5) is 13.7. The Balaban J connectivity index is 2.89. The van der Waals surface area contributed by atoms with E-state index in [9.17, 15) is 4.79 Å². The minimum Gasteiger partial charge on any atom is -0.360 e. The molecule has 66 valence electrons. The molecule has 0 unspecified atom stereocenters. The molecular formula is C9H5BrINO. The van der Waals surface area contributed by atoms with Crippen LogP contribution in [0.3, 0.4) is 0 Å². The first-order valence-electron chi connectivity index (χ1n) is 3.63. The number of nitrogens with one attached hydrogen (secondary N) is 1. The van der Waals surface area contributed by atoms with E-state index in [1.54, 1.807) is 6.20 Å². The van der Waals surface area contributed by atoms with Gasteiger partial charge in [-0.3, -0.25) is 4.79 Å². The standard InChI is InChI=1S/C9H5BrINO/c10-6-1-7(11)9-5(4-13)3-12-8(9)2-6/h1-4,12H. The largest absolute Gasteiger partial charge is 0.360 e. The molecule has 0 saturated heterocycles. The van der Waals surface area contributed by atoms with Gasteiger partial charge < -0.3 is 4.98 Å². The maximum Gasteiger partial charge on any atom is 0.152 e. The van der Waals surface area contributed by atoms with Crippen LogP contribution in [0, 0.1) is 3.57 Å². The SMILES string of the molecule is O=Cc1c[nH]c2cc(Br)cc(I)c12. The van der Waals surface area contributed by atoms with Crippen molar-refractivity contribution >= 4 is 55.7 Å². The first-order valence-corrected chi connectivity index (χ1v) is 5.51. The molecule has 2 rings (SSSR count). The maximum atomic E-state index is 10.7. The van der Waals surface area contributed by atoms with Crippen molar-refractivity contribution < 1.29 is 4.79 Å². The van der Waals surface area contributed by atoms with Crippen molar-refractivity contribution in [3.63, 3.8) is 0 Å². The smallest absolute Gasteiger partial charge is 0.152 e. The zero-order chi connectivity index (χ0) is 9.42. The van der Waals surface area contributed by atoms with Gasteiger partial charge in [-0.2, -0.15) is 0 Å². The van der Waals surface area contributed by atoms with Gasteiger partial charge in [0.15, 0.2) is 6.29 Å². The molecule has 0 aliphatic rings. The number of carbonyl (C=O) groups excluding carboxylic acids is 1. The molecule has 0 radical (unpaired) electrons. The summed E-state index contributed by atoms with van der Waals surface area (Å²) in [6.45, 7) is 0. The Bertz CT molecular complexity index is 478. The summed E-state index contributed by atoms with van der Waals surface area (Å²) in [5.74, 6) is 0. The van der Waals surface area contributed by atoms with E-state index in [1.165, 1.54) is 0 Å². The number of H-pyrrole nitrogens is 1. The topological polar surface area (TPSA) is 32.9 Å². The average molecular weight is 350 g/mol. The third kappa shape index (κ3) is 1.52. The van der Waals surface area contributed by atoms with Gasteiger partial charge in [0, 0.05) is 30.7 Å². The van der Waals surface area contributed by atoms with Gasteiger partial charge in [-0.05, 0) is 34.7 Å². The first kappa shape index (κ1) is 9.21. The number of aromatic amines is 1. The molecule has 1 aromatic carbocycles. The van der Waals surface area contributed by atoms with Gasteiger partial charge >= 0.3 is 0 Å². The Hall–Kier alpha value is -0.360. The third-order valence-electron chi connectivity index (χ3n) is 1.85. The molecule has 4 heteroatoms. The second-order valence-corrected chi connectivity index (χ2v) is 4.75. The fourth-order valence-electron chi connectivity index (χ4n) is 1.30. The lowest BCUT2D eigenvalue weighted by Gasteiger charge is -1.96. The number of carbonyl (C=O) groups is 1. The third-order valence-corrected chi connectivity index (χ3v) is 3.16. The van der Waals surface area contributed by atoms with Crippen LogP contribution >= 0.6 is 38.5 Å². The second kappa shape index (κ2) is 3.42. The maximum absolute atomic E-state index is 10.7. The van der Waals surface area contributed by atoms with E-state index in [0.29, 0.717) is 5.56 Å². The number of benzene rings is 1. The van der Waals surface area contributed by atoms with Crippen LogP contribution in [0.1, 0.15) is 10.4 Å². The zero-order valence-electron chi connectivity index (χ0n) is 6.47. The van der Waals surface area contributed by atoms with Crippen molar-refractivity contribution in [1.29, 1.82) is 0 Å². The van der Waals surface area contributed by atoms with Gasteiger partial charge in [-0.25, -0.2) is 0 Å². The van der Waals surface area contributed by atoms with Crippen molar-refractivity contribution in [2.24, 2.45) is 0 Å². The molecule has 13 heavy (non-hydrogen) atoms. The second-order valence-electron chi connectivity index (χ2n) is 2.67. The fraction of sp³-hybridized carbons (Fsp3) is 0. The summed E-state index contributed by atoms with van der Waals surface area (Å²) < 4.78 is 2.09. The van der Waals surface area contributed by atoms with E-state index in [-0.39, 0.29) is 0 Å². The van der Waals surface area contributed by atoms with E-state index in [4.69, 9.17) is 0 Å². The molecule has 0 saturated carbocycles. The summed E-state index contributed by atoms with van der Waals surface area (Å²) >= 11 is 5.62. The molecule has 1 N–H and O–H groups in total. The minimum atomic E-state index is 0.715. The zero-order valence-corrected chi connectivity index (χ0v) is 10.2. The fourth-order valence-corrected chi connectivity index (χ4v) is 3.12. The number of rotatable bonds is 1. The Morgan fingerprint density at radius 1 is 1.46 bits per heavy atom. The van der Waals surface area contributed by atoms with Crippen LogP contribution in [-0.2, 0) is 0 Å². The average Bonchev–Trinajstić information content (AvgIpc) is 2.47. The number of halogens is 2. The van der Waals surface area contributed by atoms with Gasteiger partial charge in [0.25, 0.3) is 0 Å². The van der Waals surface area contributed by atoms with E-state index < -0.39 is 0 Å². The molecule has 1 heterocycles. The van der Waals surface area contributed by atoms with E-state index in [1.807, 2.05) is 12.1 Å². The highest BCUT2D eigenvalue weighted by atomic mass is 127. The lowest BCUT2D eigenvalue weighted by molar-refractivity contribution is 0.112. The van der Waals surface area contributed by atoms with E-state index in [2.05, 4.69) is 43.5 Å². The Labute approximate surface area is 97.0 Å². The predicted octanol–water partition coefficient (Wildman–Crippen LogP) is 3.35. The van der Waals surface area contributed by atoms with Gasteiger partial charge in [0.2, 0.25) is 0 Å². The van der Waals surface area contributed by atoms with Crippen LogP contribution in [0.15, 0.2) is 22.8 Å². The van der Waals surface area contributed by atoms with Crippen molar-refractivity contribution in [2.45, 2.75) is 0 Å². The van der Waals surface area contributed by atoms with Crippen molar-refractivity contribution in [3.05, 3.63) is 31.9 Å². The summed E-state index contributed by atoms with van der Waals surface area (Å²) in [5.41, 5.74) is 1.70. The van der Waals surface area contributed by atoms with Crippen molar-refractivity contribution in [1.82, 2.24) is 4.98 Å². The Kier molecular flexibility index (Phi) is 2.42. The van der Waals surface area contributed by atoms with Crippen LogP contribution in [0.4, 0.5) is 0 Å². The molecule has 0 fully saturated rings. The molecule has 2 nitrogen and oxygen atoms in total. The van der Waals surface area contributed by atoms with Crippen LogP contribution < -0.4 is 0 Å². The summed E-state index contributed by atoms with van der Waals surface area (Å²) in [5, 5.41) is 0.999. The highest BCUT2D eigenvalue weighted by Gasteiger charge is 2.06. The van der Waals surface area contributed by atoms with Gasteiger partial charge in [-0.1, -0.05) is 15.9 Å². The van der Waals surface area contributed by atoms with E-state index >= 15 is 0 Å². The number of aldehydes is 1. The molecule has 0 amide bonds. The molecule has 0 aliphatic carbocycles. The molecule has 0 aliphatic heterocycles. The molecule has 1 aromatic heterocycles. The normalized spacial score (nSPS) is 10.6. The van der Waals surface area contributed by atoms with Crippen molar-refractivity contribution in [2.75, 3.05) is 0 Å². The molecule has 0 atom stereocenters. The quantitative estimate of drug-likeness (QED) is 0.621. The number of hydrogen-bond acceptors (Lipinski definition) is 1. The van der Waals surface area contributed by atoms with Crippen LogP contribution in [-0.4, -0.2) is 11.3 Å². The Morgan fingerprint density at radius 3 is 2.92 bits per heavy atom. The summed E-state index contributed by atoms with van der Waals surface area (Å²) in [6, 6.07) is 3.95. The van der Waals surface area contributed by atoms with Crippen molar-refractivity contribution in [3.8, 4) is 0 Å². The first-order chi connectivity index (χ1) is 6.22. The van der Waals surface area contributed by atoms with Gasteiger partial charge in [0.05, 0.1) is 0 Å². The highest BCUT2D eigenvalue weighted by Crippen LogP contribution is 2.27. The Morgan fingerprint density at radius 2 is 2.23 bits per heavy atom. The lowest BCUT2D eigenvalue weighted by atomic mass is 10.2. The molecule has 2 aromatic rings. The van der Waals surface area contributed by atoms with Gasteiger partial charge in [-0.15, -0.1) is 0 Å². The van der Waals surface area contributed by atoms with Crippen LogP contribution in [0.2, 0.25) is 0 Å². The van der Waals surface area contributed by atoms with E-state index in [0.717, 1.165) is 25.2 Å². The highest BCUT2D eigenvalue weighted by molar-refractivity contribution is 14.1. The lowest BCUT2D eigenvalue weighted by Crippen LogP contribution is -1.79. The number of fused-ring (bicyclic) bond motifs is 1. The molecule has 0 spiro atoms. The summed E-state index contributed by atoms with van der Waals surface area (Å²) in [7, 11) is 0. The van der Waals surface area contributed by atoms with Crippen LogP contribution in [0.5, 0.6) is 0 Å². The molecular weight excluding hydrogens is 345 g/mol. The number of hydrogen-bond donors (Lipinski definition) is 1. The van der Waals surface area contributed by atoms with Gasteiger partial charge in [0.1, 0.15) is 0 Å². The summed E-state index contributed by atoms with van der Waals surface area (Å²) in [6.07, 6.45) is 2.60. The molecule has 0 bridgehead atoms. The van der Waals surface area contributed by atoms with Crippen LogP contribution in [0.25, 0.3) is 10.9 Å². The number of aromatic nitrogens is 1.